The molecule has 3 rings (SSSR count). The molecule has 0 saturated carbocycles. The lowest BCUT2D eigenvalue weighted by Crippen LogP contribution is -2.27. The average Bonchev–Trinajstić information content (AvgIpc) is 3.30. The number of carbonyl (C=O) groups is 1. The molecule has 1 N–H and O–H groups in total. The van der Waals surface area contributed by atoms with Crippen LogP contribution in [0.3, 0.4) is 0 Å². The molecule has 1 atom stereocenters. The Balaban J connectivity index is 1.90. The normalized spacial score (nSPS) is 11.8. The van der Waals surface area contributed by atoms with E-state index in [1.807, 2.05) is 49.4 Å². The summed E-state index contributed by atoms with van der Waals surface area (Å²) in [7, 11) is 3.17. The van der Waals surface area contributed by atoms with Crippen molar-refractivity contribution in [2.45, 2.75) is 13.0 Å². The second kappa shape index (κ2) is 10.2. The highest BCUT2D eigenvalue weighted by atomic mass is 16.5. The molecule has 1 aromatic heterocycles. The first-order chi connectivity index (χ1) is 14.6. The Morgan fingerprint density at radius 3 is 2.40 bits per heavy atom. The van der Waals surface area contributed by atoms with Crippen molar-refractivity contribution in [2.24, 2.45) is 0 Å². The van der Waals surface area contributed by atoms with Gasteiger partial charge in [0.05, 0.1) is 33.1 Å². The highest BCUT2D eigenvalue weighted by Crippen LogP contribution is 2.32. The molecule has 1 heterocycles. The van der Waals surface area contributed by atoms with Crippen molar-refractivity contribution in [1.82, 2.24) is 5.32 Å². The number of rotatable bonds is 9. The quantitative estimate of drug-likeness (QED) is 0.525. The van der Waals surface area contributed by atoms with Crippen molar-refractivity contribution < 1.29 is 23.4 Å². The smallest absolute Gasteiger partial charge is 0.244 e. The molecule has 0 radical (unpaired) electrons. The maximum atomic E-state index is 12.6. The van der Waals surface area contributed by atoms with Crippen LogP contribution in [-0.4, -0.2) is 26.7 Å². The summed E-state index contributed by atoms with van der Waals surface area (Å²) in [4.78, 5) is 12.6. The maximum Gasteiger partial charge on any atom is 0.244 e. The fourth-order valence-corrected chi connectivity index (χ4v) is 3.05. The van der Waals surface area contributed by atoms with Crippen LogP contribution in [0.4, 0.5) is 0 Å². The number of benzene rings is 2. The first kappa shape index (κ1) is 21.0. The van der Waals surface area contributed by atoms with Crippen LogP contribution in [0, 0.1) is 0 Å². The van der Waals surface area contributed by atoms with Crippen LogP contribution < -0.4 is 19.5 Å². The molecule has 0 aliphatic rings. The molecule has 6 nitrogen and oxygen atoms in total. The number of methoxy groups -OCH3 is 2. The SMILES string of the molecule is CCOc1ccc([C@H](NC(=O)/C=C/c2ccco2)c2ccc(OC)c(OC)c2)cc1. The molecular formula is C24H25NO5. The lowest BCUT2D eigenvalue weighted by molar-refractivity contribution is -0.116. The third-order valence-electron chi connectivity index (χ3n) is 4.49. The van der Waals surface area contributed by atoms with E-state index in [9.17, 15) is 4.79 Å². The number of hydrogen-bond donors (Lipinski definition) is 1. The summed E-state index contributed by atoms with van der Waals surface area (Å²) in [6.07, 6.45) is 4.63. The standard InChI is InChI=1S/C24H25NO5/c1-4-29-20-10-7-17(8-11-20)24(18-9-13-21(27-2)22(16-18)28-3)25-23(26)14-12-19-6-5-15-30-19/h5-16,24H,4H2,1-3H3,(H,25,26)/b14-12+/t24-/m0/s1. The van der Waals surface area contributed by atoms with Crippen LogP contribution in [0.5, 0.6) is 17.2 Å². The summed E-state index contributed by atoms with van der Waals surface area (Å²) in [5.41, 5.74) is 1.77. The summed E-state index contributed by atoms with van der Waals surface area (Å²) < 4.78 is 21.5. The Morgan fingerprint density at radius 1 is 1.03 bits per heavy atom. The van der Waals surface area contributed by atoms with E-state index in [2.05, 4.69) is 5.32 Å². The topological polar surface area (TPSA) is 69.9 Å². The molecule has 156 valence electrons. The molecule has 30 heavy (non-hydrogen) atoms. The van der Waals surface area contributed by atoms with Gasteiger partial charge in [0.15, 0.2) is 11.5 Å². The zero-order chi connectivity index (χ0) is 21.3. The molecular weight excluding hydrogens is 382 g/mol. The van der Waals surface area contributed by atoms with Gasteiger partial charge in [-0.3, -0.25) is 4.79 Å². The number of ether oxygens (including phenoxy) is 3. The Bertz CT molecular complexity index is 977. The summed E-state index contributed by atoms with van der Waals surface area (Å²) in [5.74, 6) is 2.34. The van der Waals surface area contributed by atoms with Gasteiger partial charge >= 0.3 is 0 Å². The zero-order valence-corrected chi connectivity index (χ0v) is 17.3. The Labute approximate surface area is 176 Å². The van der Waals surface area contributed by atoms with Crippen LogP contribution in [0.15, 0.2) is 71.4 Å². The lowest BCUT2D eigenvalue weighted by Gasteiger charge is -2.21. The molecule has 2 aromatic carbocycles. The third kappa shape index (κ3) is 5.23. The first-order valence-electron chi connectivity index (χ1n) is 9.61. The van der Waals surface area contributed by atoms with E-state index in [0.29, 0.717) is 23.9 Å². The van der Waals surface area contributed by atoms with Gasteiger partial charge in [-0.25, -0.2) is 0 Å². The third-order valence-corrected chi connectivity index (χ3v) is 4.49. The minimum absolute atomic E-state index is 0.250. The molecule has 0 aliphatic carbocycles. The van der Waals surface area contributed by atoms with Gasteiger partial charge in [0, 0.05) is 6.08 Å². The lowest BCUT2D eigenvalue weighted by atomic mass is 9.98. The number of amides is 1. The summed E-state index contributed by atoms with van der Waals surface area (Å²) >= 11 is 0. The van der Waals surface area contributed by atoms with Gasteiger partial charge in [-0.2, -0.15) is 0 Å². The van der Waals surface area contributed by atoms with Crippen molar-refractivity contribution >= 4 is 12.0 Å². The van der Waals surface area contributed by atoms with Crippen LogP contribution >= 0.6 is 0 Å². The number of nitrogens with one attached hydrogen (secondary N) is 1. The van der Waals surface area contributed by atoms with Crippen molar-refractivity contribution in [2.75, 3.05) is 20.8 Å². The molecule has 6 heteroatoms. The molecule has 0 aliphatic heterocycles. The summed E-state index contributed by atoms with van der Waals surface area (Å²) in [6, 6.07) is 16.4. The van der Waals surface area contributed by atoms with Gasteiger partial charge in [-0.05, 0) is 60.5 Å². The molecule has 1 amide bonds. The Morgan fingerprint density at radius 2 is 1.77 bits per heavy atom. The molecule has 0 bridgehead atoms. The Hall–Kier alpha value is -3.67. The monoisotopic (exact) mass is 407 g/mol. The second-order valence-corrected chi connectivity index (χ2v) is 6.41. The van der Waals surface area contributed by atoms with Gasteiger partial charge in [0.2, 0.25) is 5.91 Å². The molecule has 0 unspecified atom stereocenters. The maximum absolute atomic E-state index is 12.6. The van der Waals surface area contributed by atoms with Gasteiger partial charge in [0.25, 0.3) is 0 Å². The largest absolute Gasteiger partial charge is 0.494 e. The minimum atomic E-state index is -0.394. The highest BCUT2D eigenvalue weighted by Gasteiger charge is 2.18. The number of furan rings is 1. The van der Waals surface area contributed by atoms with Crippen LogP contribution in [0.2, 0.25) is 0 Å². The van der Waals surface area contributed by atoms with Gasteiger partial charge in [-0.15, -0.1) is 0 Å². The van der Waals surface area contributed by atoms with Gasteiger partial charge in [0.1, 0.15) is 11.5 Å². The Kier molecular flexibility index (Phi) is 7.16. The predicted octanol–water partition coefficient (Wildman–Crippen LogP) is 4.61. The second-order valence-electron chi connectivity index (χ2n) is 6.41. The van der Waals surface area contributed by atoms with E-state index < -0.39 is 6.04 Å². The highest BCUT2D eigenvalue weighted by molar-refractivity contribution is 5.91. The average molecular weight is 407 g/mol. The summed E-state index contributed by atoms with van der Waals surface area (Å²) in [5, 5.41) is 3.05. The molecule has 0 fully saturated rings. The van der Waals surface area contributed by atoms with Crippen molar-refractivity contribution in [3.8, 4) is 17.2 Å². The summed E-state index contributed by atoms with van der Waals surface area (Å²) in [6.45, 7) is 2.53. The molecule has 0 spiro atoms. The van der Waals surface area contributed by atoms with E-state index >= 15 is 0 Å². The van der Waals surface area contributed by atoms with Gasteiger partial charge < -0.3 is 23.9 Å². The van der Waals surface area contributed by atoms with Gasteiger partial charge in [-0.1, -0.05) is 18.2 Å². The number of hydrogen-bond acceptors (Lipinski definition) is 5. The van der Waals surface area contributed by atoms with E-state index in [1.165, 1.54) is 6.08 Å². The fourth-order valence-electron chi connectivity index (χ4n) is 3.05. The fraction of sp³-hybridized carbons (Fsp3) is 0.208. The van der Waals surface area contributed by atoms with Crippen molar-refractivity contribution in [1.29, 1.82) is 0 Å². The van der Waals surface area contributed by atoms with E-state index in [4.69, 9.17) is 18.6 Å². The van der Waals surface area contributed by atoms with E-state index in [0.717, 1.165) is 16.9 Å². The predicted molar refractivity (Wildman–Crippen MR) is 115 cm³/mol. The van der Waals surface area contributed by atoms with Crippen molar-refractivity contribution in [3.63, 3.8) is 0 Å². The van der Waals surface area contributed by atoms with Crippen LogP contribution in [-0.2, 0) is 4.79 Å². The van der Waals surface area contributed by atoms with Crippen LogP contribution in [0.25, 0.3) is 6.08 Å². The number of carbonyl (C=O) groups excluding carboxylic acids is 1. The minimum Gasteiger partial charge on any atom is -0.494 e. The van der Waals surface area contributed by atoms with E-state index in [1.54, 1.807) is 38.7 Å². The zero-order valence-electron chi connectivity index (χ0n) is 17.3. The van der Waals surface area contributed by atoms with E-state index in [-0.39, 0.29) is 5.91 Å². The molecule has 0 saturated heterocycles. The first-order valence-corrected chi connectivity index (χ1v) is 9.61. The van der Waals surface area contributed by atoms with Crippen molar-refractivity contribution in [3.05, 3.63) is 83.8 Å². The molecule has 3 aromatic rings. The van der Waals surface area contributed by atoms with Crippen LogP contribution in [0.1, 0.15) is 29.9 Å².